The van der Waals surface area contributed by atoms with Gasteiger partial charge >= 0.3 is 0 Å². The summed E-state index contributed by atoms with van der Waals surface area (Å²) in [7, 11) is 0. The van der Waals surface area contributed by atoms with Crippen LogP contribution in [0.15, 0.2) is 48.5 Å². The molecule has 1 atom stereocenters. The van der Waals surface area contributed by atoms with Crippen molar-refractivity contribution in [1.29, 1.82) is 0 Å². The molecule has 0 saturated heterocycles. The highest BCUT2D eigenvalue weighted by molar-refractivity contribution is 6.30. The molecule has 0 saturated carbocycles. The van der Waals surface area contributed by atoms with E-state index in [1.165, 1.54) is 5.56 Å². The van der Waals surface area contributed by atoms with Crippen molar-refractivity contribution in [3.63, 3.8) is 0 Å². The first-order chi connectivity index (χ1) is 14.8. The predicted octanol–water partition coefficient (Wildman–Crippen LogP) is 5.18. The lowest BCUT2D eigenvalue weighted by molar-refractivity contribution is -0.142. The van der Waals surface area contributed by atoms with Crippen LogP contribution in [0.3, 0.4) is 0 Å². The Bertz CT molecular complexity index is 835. The Morgan fingerprint density at radius 3 is 2.26 bits per heavy atom. The molecule has 0 bridgehead atoms. The summed E-state index contributed by atoms with van der Waals surface area (Å²) < 4.78 is 5.72. The van der Waals surface area contributed by atoms with E-state index < -0.39 is 6.04 Å². The number of ether oxygens (including phenoxy) is 1. The first-order valence-electron chi connectivity index (χ1n) is 10.9. The second-order valence-corrected chi connectivity index (χ2v) is 8.42. The number of nitrogens with one attached hydrogen (secondary N) is 1. The number of benzene rings is 2. The molecule has 6 heteroatoms. The fourth-order valence-electron chi connectivity index (χ4n) is 3.08. The topological polar surface area (TPSA) is 58.6 Å². The van der Waals surface area contributed by atoms with E-state index in [4.69, 9.17) is 16.3 Å². The predicted molar refractivity (Wildman–Crippen MR) is 125 cm³/mol. The first-order valence-corrected chi connectivity index (χ1v) is 11.2. The highest BCUT2D eigenvalue weighted by Crippen LogP contribution is 2.19. The van der Waals surface area contributed by atoms with E-state index >= 15 is 0 Å². The van der Waals surface area contributed by atoms with Gasteiger partial charge in [-0.15, -0.1) is 0 Å². The molecule has 1 N–H and O–H groups in total. The van der Waals surface area contributed by atoms with Crippen molar-refractivity contribution in [2.45, 2.75) is 59.0 Å². The third kappa shape index (κ3) is 7.91. The van der Waals surface area contributed by atoms with Crippen LogP contribution in [0.1, 0.15) is 57.6 Å². The maximum Gasteiger partial charge on any atom is 0.261 e. The Morgan fingerprint density at radius 1 is 1.03 bits per heavy atom. The zero-order chi connectivity index (χ0) is 22.8. The molecule has 0 aliphatic carbocycles. The average Bonchev–Trinajstić information content (AvgIpc) is 2.77. The van der Waals surface area contributed by atoms with Gasteiger partial charge < -0.3 is 15.0 Å². The average molecular weight is 445 g/mol. The summed E-state index contributed by atoms with van der Waals surface area (Å²) in [5.74, 6) is 0.639. The maximum atomic E-state index is 13.0. The number of nitrogens with zero attached hydrogens (tertiary/aromatic N) is 1. The van der Waals surface area contributed by atoms with Crippen molar-refractivity contribution in [1.82, 2.24) is 10.2 Å². The van der Waals surface area contributed by atoms with Crippen molar-refractivity contribution in [3.8, 4) is 5.75 Å². The third-order valence-electron chi connectivity index (χ3n) is 5.17. The van der Waals surface area contributed by atoms with Gasteiger partial charge in [0.05, 0.1) is 0 Å². The van der Waals surface area contributed by atoms with E-state index in [1.54, 1.807) is 24.0 Å². The minimum atomic E-state index is -0.619. The van der Waals surface area contributed by atoms with Crippen molar-refractivity contribution < 1.29 is 14.3 Å². The van der Waals surface area contributed by atoms with E-state index in [0.717, 1.165) is 18.4 Å². The smallest absolute Gasteiger partial charge is 0.261 e. The number of halogens is 1. The van der Waals surface area contributed by atoms with E-state index in [1.807, 2.05) is 36.4 Å². The summed E-state index contributed by atoms with van der Waals surface area (Å²) in [4.78, 5) is 27.2. The Kier molecular flexibility index (Phi) is 9.86. The van der Waals surface area contributed by atoms with Crippen LogP contribution in [0.2, 0.25) is 5.02 Å². The molecule has 2 rings (SSSR count). The minimum absolute atomic E-state index is 0.138. The second kappa shape index (κ2) is 12.4. The summed E-state index contributed by atoms with van der Waals surface area (Å²) >= 11 is 5.98. The molecule has 168 valence electrons. The number of rotatable bonds is 11. The maximum absolute atomic E-state index is 13.0. The Morgan fingerprint density at radius 2 is 1.68 bits per heavy atom. The summed E-state index contributed by atoms with van der Waals surface area (Å²) in [5, 5.41) is 3.53. The fraction of sp³-hybridized carbons (Fsp3) is 0.440. The normalized spacial score (nSPS) is 11.8. The number of unbranched alkanes of at least 4 members (excludes halogenated alkanes) is 1. The SMILES string of the molecule is CCCCNC(=O)C(C)N(Cc1ccc(Cl)cc1)C(=O)COc1ccc(C(C)C)cc1. The third-order valence-corrected chi connectivity index (χ3v) is 5.42. The highest BCUT2D eigenvalue weighted by Gasteiger charge is 2.26. The van der Waals surface area contributed by atoms with E-state index in [2.05, 4.69) is 26.1 Å². The number of hydrogen-bond acceptors (Lipinski definition) is 3. The van der Waals surface area contributed by atoms with Crippen molar-refractivity contribution in [2.75, 3.05) is 13.2 Å². The van der Waals surface area contributed by atoms with Gasteiger partial charge in [-0.2, -0.15) is 0 Å². The molecule has 0 radical (unpaired) electrons. The van der Waals surface area contributed by atoms with Gasteiger partial charge in [0.25, 0.3) is 5.91 Å². The molecule has 0 aliphatic heterocycles. The fourth-order valence-corrected chi connectivity index (χ4v) is 3.21. The van der Waals surface area contributed by atoms with Crippen LogP contribution in [0.25, 0.3) is 0 Å². The lowest BCUT2D eigenvalue weighted by Gasteiger charge is -2.28. The number of amides is 2. The molecule has 2 aromatic carbocycles. The van der Waals surface area contributed by atoms with Gasteiger partial charge in [-0.3, -0.25) is 9.59 Å². The molecule has 5 nitrogen and oxygen atoms in total. The van der Waals surface area contributed by atoms with Gasteiger partial charge in [0.15, 0.2) is 6.61 Å². The zero-order valence-electron chi connectivity index (χ0n) is 18.9. The summed E-state index contributed by atoms with van der Waals surface area (Å²) in [6.07, 6.45) is 1.89. The molecule has 31 heavy (non-hydrogen) atoms. The van der Waals surface area contributed by atoms with Crippen LogP contribution in [0.4, 0.5) is 0 Å². The molecule has 0 fully saturated rings. The van der Waals surface area contributed by atoms with Crippen LogP contribution in [0.5, 0.6) is 5.75 Å². The van der Waals surface area contributed by atoms with Gasteiger partial charge in [0, 0.05) is 18.1 Å². The van der Waals surface area contributed by atoms with Crippen LogP contribution >= 0.6 is 11.6 Å². The van der Waals surface area contributed by atoms with Gasteiger partial charge in [0.1, 0.15) is 11.8 Å². The molecular formula is C25H33ClN2O3. The van der Waals surface area contributed by atoms with E-state index in [9.17, 15) is 9.59 Å². The molecule has 2 aromatic rings. The molecular weight excluding hydrogens is 412 g/mol. The largest absolute Gasteiger partial charge is 0.484 e. The van der Waals surface area contributed by atoms with Gasteiger partial charge in [-0.05, 0) is 54.7 Å². The van der Waals surface area contributed by atoms with Crippen molar-refractivity contribution >= 4 is 23.4 Å². The van der Waals surface area contributed by atoms with Crippen LogP contribution in [-0.2, 0) is 16.1 Å². The first kappa shape index (κ1) is 24.7. The van der Waals surface area contributed by atoms with Crippen LogP contribution in [-0.4, -0.2) is 35.9 Å². The van der Waals surface area contributed by atoms with Gasteiger partial charge in [0.2, 0.25) is 5.91 Å². The number of carbonyl (C=O) groups excluding carboxylic acids is 2. The summed E-state index contributed by atoms with van der Waals surface area (Å²) in [6.45, 7) is 8.82. The van der Waals surface area contributed by atoms with Crippen LogP contribution in [0, 0.1) is 0 Å². The van der Waals surface area contributed by atoms with E-state index in [-0.39, 0.29) is 18.4 Å². The van der Waals surface area contributed by atoms with Crippen molar-refractivity contribution in [3.05, 3.63) is 64.7 Å². The van der Waals surface area contributed by atoms with E-state index in [0.29, 0.717) is 29.8 Å². The lowest BCUT2D eigenvalue weighted by Crippen LogP contribution is -2.49. The number of hydrogen-bond donors (Lipinski definition) is 1. The Hall–Kier alpha value is -2.53. The van der Waals surface area contributed by atoms with Gasteiger partial charge in [-0.25, -0.2) is 0 Å². The van der Waals surface area contributed by atoms with Crippen molar-refractivity contribution in [2.24, 2.45) is 0 Å². The highest BCUT2D eigenvalue weighted by atomic mass is 35.5. The molecule has 0 heterocycles. The monoisotopic (exact) mass is 444 g/mol. The molecule has 0 spiro atoms. The lowest BCUT2D eigenvalue weighted by atomic mass is 10.0. The summed E-state index contributed by atoms with van der Waals surface area (Å²) in [5.41, 5.74) is 2.10. The van der Waals surface area contributed by atoms with Gasteiger partial charge in [-0.1, -0.05) is 63.1 Å². The zero-order valence-corrected chi connectivity index (χ0v) is 19.6. The Labute approximate surface area is 190 Å². The Balaban J connectivity index is 2.08. The second-order valence-electron chi connectivity index (χ2n) is 7.98. The number of carbonyl (C=O) groups is 2. The van der Waals surface area contributed by atoms with Crippen LogP contribution < -0.4 is 10.1 Å². The summed E-state index contributed by atoms with van der Waals surface area (Å²) in [6, 6.07) is 14.4. The molecule has 2 amide bonds. The molecule has 0 aliphatic rings. The quantitative estimate of drug-likeness (QED) is 0.486. The minimum Gasteiger partial charge on any atom is -0.484 e. The molecule has 1 unspecified atom stereocenters. The molecule has 0 aromatic heterocycles. The standard InChI is InChI=1S/C25H33ClN2O3/c1-5-6-15-27-25(30)19(4)28(16-20-7-11-22(26)12-8-20)24(29)17-31-23-13-9-21(10-14-23)18(2)3/h7-14,18-19H,5-6,15-17H2,1-4H3,(H,27,30).